The fraction of sp³-hybridized carbons (Fsp3) is 0.368. The highest BCUT2D eigenvalue weighted by Crippen LogP contribution is 2.33. The SMILES string of the molecule is CC[C@H]1CCc2sc(C(=O)N/N=C(/C)c3ccc(F)cc3)cc2C1. The second-order valence-corrected chi connectivity index (χ2v) is 7.36. The number of hydrogen-bond donors (Lipinski definition) is 1. The van der Waals surface area contributed by atoms with Crippen molar-refractivity contribution in [2.45, 2.75) is 39.5 Å². The quantitative estimate of drug-likeness (QED) is 0.641. The standard InChI is InChI=1S/C19H21FN2OS/c1-3-13-4-9-17-15(10-13)11-18(24-17)19(23)22-21-12(2)14-5-7-16(20)8-6-14/h5-8,11,13H,3-4,9-10H2,1-2H3,(H,22,23)/b21-12-/t13-/m0/s1. The molecule has 2 aromatic rings. The van der Waals surface area contributed by atoms with Gasteiger partial charge >= 0.3 is 0 Å². The van der Waals surface area contributed by atoms with Gasteiger partial charge in [0, 0.05) is 4.88 Å². The molecule has 1 amide bonds. The fourth-order valence-corrected chi connectivity index (χ4v) is 4.10. The summed E-state index contributed by atoms with van der Waals surface area (Å²) in [6, 6.07) is 8.07. The van der Waals surface area contributed by atoms with Crippen LogP contribution in [0, 0.1) is 11.7 Å². The molecule has 1 aliphatic rings. The molecule has 1 N–H and O–H groups in total. The molecule has 0 saturated carbocycles. The van der Waals surface area contributed by atoms with Crippen molar-refractivity contribution < 1.29 is 9.18 Å². The predicted octanol–water partition coefficient (Wildman–Crippen LogP) is 4.56. The van der Waals surface area contributed by atoms with Crippen molar-refractivity contribution in [3.05, 3.63) is 57.0 Å². The lowest BCUT2D eigenvalue weighted by Crippen LogP contribution is -2.18. The Labute approximate surface area is 145 Å². The molecule has 0 bridgehead atoms. The Hall–Kier alpha value is -2.01. The number of fused-ring (bicyclic) bond motifs is 1. The Morgan fingerprint density at radius 2 is 2.12 bits per heavy atom. The first-order valence-electron chi connectivity index (χ1n) is 8.29. The highest BCUT2D eigenvalue weighted by molar-refractivity contribution is 7.14. The summed E-state index contributed by atoms with van der Waals surface area (Å²) < 4.78 is 12.9. The maximum absolute atomic E-state index is 12.9. The van der Waals surface area contributed by atoms with Crippen molar-refractivity contribution in [2.75, 3.05) is 0 Å². The number of aryl methyl sites for hydroxylation is 1. The number of carbonyl (C=O) groups is 1. The Morgan fingerprint density at radius 3 is 2.83 bits per heavy atom. The molecule has 3 nitrogen and oxygen atoms in total. The topological polar surface area (TPSA) is 41.5 Å². The van der Waals surface area contributed by atoms with Crippen LogP contribution in [0.5, 0.6) is 0 Å². The molecule has 0 unspecified atom stereocenters. The molecule has 1 aromatic carbocycles. The minimum absolute atomic E-state index is 0.177. The number of amides is 1. The number of hydrogen-bond acceptors (Lipinski definition) is 3. The number of hydrazone groups is 1. The first-order valence-corrected chi connectivity index (χ1v) is 9.10. The average Bonchev–Trinajstić information content (AvgIpc) is 3.03. The summed E-state index contributed by atoms with van der Waals surface area (Å²) in [6.45, 7) is 4.02. The monoisotopic (exact) mass is 344 g/mol. The smallest absolute Gasteiger partial charge is 0.266 e. The highest BCUT2D eigenvalue weighted by Gasteiger charge is 2.21. The van der Waals surface area contributed by atoms with Crippen molar-refractivity contribution in [1.82, 2.24) is 5.43 Å². The molecule has 0 spiro atoms. The number of thiophene rings is 1. The van der Waals surface area contributed by atoms with E-state index in [1.54, 1.807) is 30.4 Å². The van der Waals surface area contributed by atoms with Crippen LogP contribution in [0.2, 0.25) is 0 Å². The second kappa shape index (κ2) is 7.26. The van der Waals surface area contributed by atoms with Crippen LogP contribution in [0.15, 0.2) is 35.4 Å². The van der Waals surface area contributed by atoms with E-state index >= 15 is 0 Å². The Bertz CT molecular complexity index is 764. The number of halogens is 1. The second-order valence-electron chi connectivity index (χ2n) is 6.22. The van der Waals surface area contributed by atoms with Crippen molar-refractivity contribution in [1.29, 1.82) is 0 Å². The maximum Gasteiger partial charge on any atom is 0.281 e. The van der Waals surface area contributed by atoms with Gasteiger partial charge in [-0.2, -0.15) is 5.10 Å². The molecule has 24 heavy (non-hydrogen) atoms. The number of nitrogens with zero attached hydrogens (tertiary/aromatic N) is 1. The van der Waals surface area contributed by atoms with Crippen LogP contribution in [-0.4, -0.2) is 11.6 Å². The molecule has 1 aliphatic carbocycles. The maximum atomic E-state index is 12.9. The first-order chi connectivity index (χ1) is 11.6. The zero-order valence-electron chi connectivity index (χ0n) is 13.9. The van der Waals surface area contributed by atoms with Gasteiger partial charge in [-0.05, 0) is 61.4 Å². The van der Waals surface area contributed by atoms with E-state index in [1.165, 1.54) is 35.4 Å². The summed E-state index contributed by atoms with van der Waals surface area (Å²) >= 11 is 1.57. The summed E-state index contributed by atoms with van der Waals surface area (Å²) in [5.41, 5.74) is 5.37. The van der Waals surface area contributed by atoms with Crippen LogP contribution in [0.25, 0.3) is 0 Å². The van der Waals surface area contributed by atoms with E-state index in [-0.39, 0.29) is 11.7 Å². The summed E-state index contributed by atoms with van der Waals surface area (Å²) in [7, 11) is 0. The lowest BCUT2D eigenvalue weighted by Gasteiger charge is -2.19. The van der Waals surface area contributed by atoms with Crippen molar-refractivity contribution in [3.63, 3.8) is 0 Å². The summed E-state index contributed by atoms with van der Waals surface area (Å²) in [6.07, 6.45) is 4.56. The van der Waals surface area contributed by atoms with Gasteiger partial charge in [0.1, 0.15) is 5.82 Å². The van der Waals surface area contributed by atoms with Crippen molar-refractivity contribution >= 4 is 23.0 Å². The van der Waals surface area contributed by atoms with Gasteiger partial charge in [0.15, 0.2) is 0 Å². The largest absolute Gasteiger partial charge is 0.281 e. The first kappa shape index (κ1) is 16.8. The highest BCUT2D eigenvalue weighted by atomic mass is 32.1. The van der Waals surface area contributed by atoms with Crippen LogP contribution >= 0.6 is 11.3 Å². The minimum atomic E-state index is -0.287. The molecule has 0 aliphatic heterocycles. The molecular weight excluding hydrogens is 323 g/mol. The van der Waals surface area contributed by atoms with Gasteiger partial charge in [-0.3, -0.25) is 4.79 Å². The minimum Gasteiger partial charge on any atom is -0.266 e. The van der Waals surface area contributed by atoms with Gasteiger partial charge < -0.3 is 0 Å². The Morgan fingerprint density at radius 1 is 1.38 bits per heavy atom. The lowest BCUT2D eigenvalue weighted by atomic mass is 9.87. The average molecular weight is 344 g/mol. The van der Waals surface area contributed by atoms with E-state index in [9.17, 15) is 9.18 Å². The van der Waals surface area contributed by atoms with Gasteiger partial charge in [-0.15, -0.1) is 11.3 Å². The van der Waals surface area contributed by atoms with E-state index in [2.05, 4.69) is 17.5 Å². The van der Waals surface area contributed by atoms with Crippen LogP contribution in [0.4, 0.5) is 4.39 Å². The zero-order chi connectivity index (χ0) is 17.1. The van der Waals surface area contributed by atoms with Crippen LogP contribution in [0.3, 0.4) is 0 Å². The predicted molar refractivity (Wildman–Crippen MR) is 96.2 cm³/mol. The normalized spacial score (nSPS) is 17.5. The molecule has 126 valence electrons. The zero-order valence-corrected chi connectivity index (χ0v) is 14.8. The van der Waals surface area contributed by atoms with E-state index < -0.39 is 0 Å². The molecular formula is C19H21FN2OS. The molecule has 1 heterocycles. The number of benzene rings is 1. The molecule has 5 heteroatoms. The van der Waals surface area contributed by atoms with Crippen molar-refractivity contribution in [3.8, 4) is 0 Å². The van der Waals surface area contributed by atoms with E-state index in [0.717, 1.165) is 24.3 Å². The summed E-state index contributed by atoms with van der Waals surface area (Å²) in [5.74, 6) is 0.274. The number of rotatable bonds is 4. The van der Waals surface area contributed by atoms with Gasteiger partial charge in [0.05, 0.1) is 10.6 Å². The molecule has 3 rings (SSSR count). The van der Waals surface area contributed by atoms with Gasteiger partial charge in [0.2, 0.25) is 0 Å². The molecule has 1 atom stereocenters. The third-order valence-electron chi connectivity index (χ3n) is 4.57. The Kier molecular flexibility index (Phi) is 5.09. The molecule has 0 saturated heterocycles. The van der Waals surface area contributed by atoms with E-state index in [4.69, 9.17) is 0 Å². The van der Waals surface area contributed by atoms with Gasteiger partial charge in [-0.1, -0.05) is 25.5 Å². The summed E-state index contributed by atoms with van der Waals surface area (Å²) in [4.78, 5) is 14.4. The van der Waals surface area contributed by atoms with E-state index in [0.29, 0.717) is 10.6 Å². The van der Waals surface area contributed by atoms with Gasteiger partial charge in [-0.25, -0.2) is 9.82 Å². The van der Waals surface area contributed by atoms with Crippen LogP contribution in [0.1, 0.15) is 52.4 Å². The van der Waals surface area contributed by atoms with Crippen LogP contribution < -0.4 is 5.43 Å². The van der Waals surface area contributed by atoms with Crippen LogP contribution in [-0.2, 0) is 12.8 Å². The van der Waals surface area contributed by atoms with Crippen molar-refractivity contribution in [2.24, 2.45) is 11.0 Å². The Balaban J connectivity index is 1.68. The third-order valence-corrected chi connectivity index (χ3v) is 5.81. The molecule has 1 aromatic heterocycles. The van der Waals surface area contributed by atoms with Gasteiger partial charge in [0.25, 0.3) is 5.91 Å². The molecule has 0 radical (unpaired) electrons. The lowest BCUT2D eigenvalue weighted by molar-refractivity contribution is 0.0959. The fourth-order valence-electron chi connectivity index (χ4n) is 3.00. The summed E-state index contributed by atoms with van der Waals surface area (Å²) in [5, 5.41) is 4.14. The number of nitrogens with one attached hydrogen (secondary N) is 1. The molecule has 0 fully saturated rings. The third kappa shape index (κ3) is 3.73. The number of carbonyl (C=O) groups excluding carboxylic acids is 1. The van der Waals surface area contributed by atoms with E-state index in [1.807, 2.05) is 6.07 Å².